The van der Waals surface area contributed by atoms with E-state index in [1.807, 2.05) is 38.1 Å². The van der Waals surface area contributed by atoms with Crippen molar-refractivity contribution < 1.29 is 9.59 Å². The van der Waals surface area contributed by atoms with E-state index in [0.717, 1.165) is 24.8 Å². The molecule has 0 saturated heterocycles. The van der Waals surface area contributed by atoms with E-state index < -0.39 is 5.91 Å². The van der Waals surface area contributed by atoms with Crippen LogP contribution in [0.4, 0.5) is 0 Å². The number of hydrogen-bond acceptors (Lipinski definition) is 4. The number of aryl methyl sites for hydroxylation is 1. The number of aromatic nitrogens is 2. The maximum Gasteiger partial charge on any atom is 0.290 e. The van der Waals surface area contributed by atoms with Crippen LogP contribution in [-0.4, -0.2) is 21.6 Å². The number of fused-ring (bicyclic) bond motifs is 2. The Morgan fingerprint density at radius 2 is 1.73 bits per heavy atom. The smallest absolute Gasteiger partial charge is 0.273 e. The highest BCUT2D eigenvalue weighted by molar-refractivity contribution is 6.05. The summed E-state index contributed by atoms with van der Waals surface area (Å²) in [5.41, 5.74) is 7.07. The molecule has 1 atom stereocenters. The second-order valence-corrected chi connectivity index (χ2v) is 7.82. The number of amides is 2. The second-order valence-electron chi connectivity index (χ2n) is 7.82. The summed E-state index contributed by atoms with van der Waals surface area (Å²) in [6.45, 7) is 3.65. The average molecular weight is 404 g/mol. The Hall–Kier alpha value is -3.48. The van der Waals surface area contributed by atoms with Crippen LogP contribution in [0.2, 0.25) is 0 Å². The number of carbonyl (C=O) groups excluding carboxylic acids is 2. The first-order chi connectivity index (χ1) is 14.5. The number of carbonyl (C=O) groups is 2. The van der Waals surface area contributed by atoms with Gasteiger partial charge < -0.3 is 0 Å². The minimum atomic E-state index is -0.557. The van der Waals surface area contributed by atoms with E-state index in [4.69, 9.17) is 0 Å². The van der Waals surface area contributed by atoms with Crippen molar-refractivity contribution in [2.75, 3.05) is 0 Å². The van der Waals surface area contributed by atoms with E-state index in [0.29, 0.717) is 10.8 Å². The predicted octanol–water partition coefficient (Wildman–Crippen LogP) is 2.86. The monoisotopic (exact) mass is 404 g/mol. The molecule has 2 amide bonds. The SMILES string of the molecule is CC(C)n1nc(C(=O)NNC(=O)[C@@H]2CCCc3ccccc32)c2ccccc2c1=O. The van der Waals surface area contributed by atoms with Gasteiger partial charge in [0.15, 0.2) is 5.69 Å². The first-order valence-corrected chi connectivity index (χ1v) is 10.2. The van der Waals surface area contributed by atoms with E-state index in [-0.39, 0.29) is 29.1 Å². The highest BCUT2D eigenvalue weighted by Gasteiger charge is 2.27. The van der Waals surface area contributed by atoms with Gasteiger partial charge in [0, 0.05) is 5.39 Å². The van der Waals surface area contributed by atoms with Gasteiger partial charge in [0.25, 0.3) is 11.5 Å². The zero-order chi connectivity index (χ0) is 21.3. The van der Waals surface area contributed by atoms with Crippen molar-refractivity contribution in [3.05, 3.63) is 75.7 Å². The molecule has 2 N–H and O–H groups in total. The summed E-state index contributed by atoms with van der Waals surface area (Å²) in [7, 11) is 0. The Balaban J connectivity index is 1.58. The normalized spacial score (nSPS) is 15.6. The largest absolute Gasteiger partial charge is 0.290 e. The highest BCUT2D eigenvalue weighted by Crippen LogP contribution is 2.31. The molecular formula is C23H24N4O3. The Bertz CT molecular complexity index is 1180. The van der Waals surface area contributed by atoms with Gasteiger partial charge in [0.05, 0.1) is 17.3 Å². The molecule has 0 bridgehead atoms. The van der Waals surface area contributed by atoms with Gasteiger partial charge in [-0.1, -0.05) is 42.5 Å². The van der Waals surface area contributed by atoms with Crippen molar-refractivity contribution in [3.8, 4) is 0 Å². The lowest BCUT2D eigenvalue weighted by Crippen LogP contribution is -2.45. The van der Waals surface area contributed by atoms with Crippen LogP contribution in [0.5, 0.6) is 0 Å². The van der Waals surface area contributed by atoms with Gasteiger partial charge >= 0.3 is 0 Å². The molecule has 0 aliphatic heterocycles. The van der Waals surface area contributed by atoms with Gasteiger partial charge in [-0.25, -0.2) is 4.68 Å². The highest BCUT2D eigenvalue weighted by atomic mass is 16.2. The molecule has 0 spiro atoms. The Kier molecular flexibility index (Phi) is 5.35. The van der Waals surface area contributed by atoms with Gasteiger partial charge in [-0.15, -0.1) is 0 Å². The molecule has 1 aliphatic carbocycles. The van der Waals surface area contributed by atoms with E-state index in [2.05, 4.69) is 16.0 Å². The summed E-state index contributed by atoms with van der Waals surface area (Å²) in [5, 5.41) is 5.14. The minimum Gasteiger partial charge on any atom is -0.273 e. The summed E-state index contributed by atoms with van der Waals surface area (Å²) in [5.74, 6) is -1.11. The fourth-order valence-electron chi connectivity index (χ4n) is 4.02. The third-order valence-electron chi connectivity index (χ3n) is 5.52. The fourth-order valence-corrected chi connectivity index (χ4v) is 4.02. The third-order valence-corrected chi connectivity index (χ3v) is 5.52. The maximum atomic E-state index is 12.9. The van der Waals surface area contributed by atoms with Gasteiger partial charge in [-0.05, 0) is 50.3 Å². The standard InChI is InChI=1S/C23H24N4O3/c1-14(2)27-23(30)19-12-6-5-11-17(19)20(26-27)22(29)25-24-21(28)18-13-7-9-15-8-3-4-10-16(15)18/h3-6,8,10-12,14,18H,7,9,13H2,1-2H3,(H,24,28)(H,25,29)/t18-/m1/s1. The van der Waals surface area contributed by atoms with Crippen LogP contribution in [0.25, 0.3) is 10.8 Å². The number of benzene rings is 2. The van der Waals surface area contributed by atoms with Crippen LogP contribution in [0, 0.1) is 0 Å². The molecule has 30 heavy (non-hydrogen) atoms. The predicted molar refractivity (Wildman–Crippen MR) is 114 cm³/mol. The summed E-state index contributed by atoms with van der Waals surface area (Å²) >= 11 is 0. The van der Waals surface area contributed by atoms with Crippen molar-refractivity contribution in [1.82, 2.24) is 20.6 Å². The number of nitrogens with zero attached hydrogens (tertiary/aromatic N) is 2. The number of nitrogens with one attached hydrogen (secondary N) is 2. The van der Waals surface area contributed by atoms with Crippen LogP contribution < -0.4 is 16.4 Å². The van der Waals surface area contributed by atoms with Crippen molar-refractivity contribution >= 4 is 22.6 Å². The molecular weight excluding hydrogens is 380 g/mol. The van der Waals surface area contributed by atoms with Crippen LogP contribution >= 0.6 is 0 Å². The minimum absolute atomic E-state index is 0.100. The Morgan fingerprint density at radius 1 is 1.03 bits per heavy atom. The molecule has 1 aromatic heterocycles. The maximum absolute atomic E-state index is 12.9. The molecule has 0 fully saturated rings. The van der Waals surface area contributed by atoms with Crippen molar-refractivity contribution in [2.45, 2.75) is 45.1 Å². The summed E-state index contributed by atoms with van der Waals surface area (Å²) < 4.78 is 1.29. The van der Waals surface area contributed by atoms with E-state index in [1.54, 1.807) is 24.3 Å². The van der Waals surface area contributed by atoms with Crippen LogP contribution in [-0.2, 0) is 11.2 Å². The van der Waals surface area contributed by atoms with E-state index in [9.17, 15) is 14.4 Å². The van der Waals surface area contributed by atoms with Crippen LogP contribution in [0.1, 0.15) is 60.3 Å². The summed E-state index contributed by atoms with van der Waals surface area (Å²) in [6.07, 6.45) is 2.62. The lowest BCUT2D eigenvalue weighted by molar-refractivity contribution is -0.123. The molecule has 4 rings (SSSR count). The van der Waals surface area contributed by atoms with E-state index >= 15 is 0 Å². The van der Waals surface area contributed by atoms with Crippen LogP contribution in [0.15, 0.2) is 53.3 Å². The molecule has 1 aliphatic rings. The molecule has 0 radical (unpaired) electrons. The molecule has 2 aromatic carbocycles. The second kappa shape index (κ2) is 8.10. The Morgan fingerprint density at radius 3 is 2.50 bits per heavy atom. The number of rotatable bonds is 3. The summed E-state index contributed by atoms with van der Waals surface area (Å²) in [4.78, 5) is 38.3. The summed E-state index contributed by atoms with van der Waals surface area (Å²) in [6, 6.07) is 14.6. The molecule has 1 heterocycles. The number of hydrogen-bond donors (Lipinski definition) is 2. The van der Waals surface area contributed by atoms with Gasteiger partial charge in [-0.3, -0.25) is 25.2 Å². The molecule has 7 heteroatoms. The molecule has 0 unspecified atom stereocenters. The van der Waals surface area contributed by atoms with E-state index in [1.165, 1.54) is 10.2 Å². The zero-order valence-electron chi connectivity index (χ0n) is 17.0. The van der Waals surface area contributed by atoms with Gasteiger partial charge in [-0.2, -0.15) is 5.10 Å². The van der Waals surface area contributed by atoms with Gasteiger partial charge in [0.2, 0.25) is 5.91 Å². The topological polar surface area (TPSA) is 93.1 Å². The first kappa shape index (κ1) is 19.8. The first-order valence-electron chi connectivity index (χ1n) is 10.2. The van der Waals surface area contributed by atoms with Gasteiger partial charge in [0.1, 0.15) is 0 Å². The molecule has 154 valence electrons. The fraction of sp³-hybridized carbons (Fsp3) is 0.304. The number of hydrazine groups is 1. The molecule has 0 saturated carbocycles. The quantitative estimate of drug-likeness (QED) is 0.657. The lowest BCUT2D eigenvalue weighted by Gasteiger charge is -2.24. The van der Waals surface area contributed by atoms with Crippen molar-refractivity contribution in [3.63, 3.8) is 0 Å². The van der Waals surface area contributed by atoms with Crippen molar-refractivity contribution in [2.24, 2.45) is 0 Å². The average Bonchev–Trinajstić information content (AvgIpc) is 2.77. The lowest BCUT2D eigenvalue weighted by atomic mass is 9.82. The Labute approximate surface area is 174 Å². The third kappa shape index (κ3) is 3.58. The zero-order valence-corrected chi connectivity index (χ0v) is 17.0. The van der Waals surface area contributed by atoms with Crippen molar-refractivity contribution in [1.29, 1.82) is 0 Å². The molecule has 7 nitrogen and oxygen atoms in total. The molecule has 3 aromatic rings. The van der Waals surface area contributed by atoms with Crippen LogP contribution in [0.3, 0.4) is 0 Å².